The van der Waals surface area contributed by atoms with Crippen molar-refractivity contribution in [2.24, 2.45) is 5.92 Å². The molecule has 1 aromatic heterocycles. The molecular formula is C28H30FN3O4. The number of piperidine rings is 1. The smallest absolute Gasteiger partial charge is 0.321 e. The number of benzene rings is 2. The molecule has 1 aliphatic rings. The van der Waals surface area contributed by atoms with E-state index in [0.717, 1.165) is 11.4 Å². The Morgan fingerprint density at radius 1 is 1.00 bits per heavy atom. The average Bonchev–Trinajstić information content (AvgIpc) is 3.18. The Kier molecular flexibility index (Phi) is 7.52. The first-order valence-corrected chi connectivity index (χ1v) is 12.0. The Balaban J connectivity index is 1.31. The van der Waals surface area contributed by atoms with Crippen LogP contribution in [0.25, 0.3) is 5.69 Å². The molecule has 4 rings (SSSR count). The number of ether oxygens (including phenoxy) is 1. The fourth-order valence-electron chi connectivity index (χ4n) is 4.54. The molecular weight excluding hydrogens is 461 g/mol. The molecule has 1 N–H and O–H groups in total. The minimum atomic E-state index is -0.430. The van der Waals surface area contributed by atoms with Crippen molar-refractivity contribution in [3.05, 3.63) is 82.9 Å². The van der Waals surface area contributed by atoms with Crippen molar-refractivity contribution < 1.29 is 23.5 Å². The van der Waals surface area contributed by atoms with Crippen molar-refractivity contribution in [1.29, 1.82) is 0 Å². The lowest BCUT2D eigenvalue weighted by Gasteiger charge is -2.30. The van der Waals surface area contributed by atoms with Gasteiger partial charge in [0.25, 0.3) is 0 Å². The number of aromatic nitrogens is 1. The van der Waals surface area contributed by atoms with Gasteiger partial charge in [-0.3, -0.25) is 9.59 Å². The number of Topliss-reactive ketones (excluding diaryl/α,β-unsaturated/α-hetero) is 1. The summed E-state index contributed by atoms with van der Waals surface area (Å²) in [5, 5.41) is 2.85. The van der Waals surface area contributed by atoms with Gasteiger partial charge >= 0.3 is 12.0 Å². The number of hydrogen-bond donors (Lipinski definition) is 1. The number of anilines is 1. The third-order valence-corrected chi connectivity index (χ3v) is 6.63. The molecule has 7 nitrogen and oxygen atoms in total. The van der Waals surface area contributed by atoms with Crippen LogP contribution in [0, 0.1) is 32.5 Å². The Labute approximate surface area is 209 Å². The zero-order valence-electron chi connectivity index (χ0n) is 20.7. The van der Waals surface area contributed by atoms with Gasteiger partial charge < -0.3 is 19.5 Å². The van der Waals surface area contributed by atoms with Gasteiger partial charge in [-0.05, 0) is 69.5 Å². The lowest BCUT2D eigenvalue weighted by molar-refractivity contribution is -0.148. The molecule has 36 heavy (non-hydrogen) atoms. The zero-order chi connectivity index (χ0) is 25.8. The van der Waals surface area contributed by atoms with Crippen molar-refractivity contribution >= 4 is 23.5 Å². The van der Waals surface area contributed by atoms with E-state index < -0.39 is 5.97 Å². The summed E-state index contributed by atoms with van der Waals surface area (Å²) < 4.78 is 21.3. The minimum Gasteiger partial charge on any atom is -0.457 e. The fraction of sp³-hybridized carbons (Fsp3) is 0.321. The highest BCUT2D eigenvalue weighted by Gasteiger charge is 2.29. The summed E-state index contributed by atoms with van der Waals surface area (Å²) in [6.45, 7) is 5.83. The van der Waals surface area contributed by atoms with Crippen molar-refractivity contribution in [1.82, 2.24) is 9.47 Å². The van der Waals surface area contributed by atoms with Crippen LogP contribution in [-0.2, 0) is 9.53 Å². The molecule has 0 atom stereocenters. The molecule has 2 heterocycles. The fourth-order valence-corrected chi connectivity index (χ4v) is 4.54. The number of likely N-dealkylation sites (tertiary alicyclic amines) is 1. The Morgan fingerprint density at radius 3 is 2.36 bits per heavy atom. The SMILES string of the molecule is Cc1ccc(-n2c(C)cc(C(=O)COC(=O)C3CCN(C(=O)Nc4ccccc4)CC3)c2C)cc1F. The van der Waals surface area contributed by atoms with Crippen molar-refractivity contribution in [3.8, 4) is 5.69 Å². The molecule has 1 saturated heterocycles. The van der Waals surface area contributed by atoms with Crippen LogP contribution in [0.1, 0.15) is 40.2 Å². The van der Waals surface area contributed by atoms with Crippen LogP contribution in [0.5, 0.6) is 0 Å². The van der Waals surface area contributed by atoms with Gasteiger partial charge in [0.2, 0.25) is 5.78 Å². The summed E-state index contributed by atoms with van der Waals surface area (Å²) in [6, 6.07) is 15.7. The maximum atomic E-state index is 14.1. The second-order valence-corrected chi connectivity index (χ2v) is 9.14. The lowest BCUT2D eigenvalue weighted by atomic mass is 9.97. The number of esters is 1. The first kappa shape index (κ1) is 25.2. The van der Waals surface area contributed by atoms with E-state index >= 15 is 0 Å². The highest BCUT2D eigenvalue weighted by atomic mass is 19.1. The largest absolute Gasteiger partial charge is 0.457 e. The van der Waals surface area contributed by atoms with Gasteiger partial charge in [0.05, 0.1) is 5.92 Å². The minimum absolute atomic E-state index is 0.202. The van der Waals surface area contributed by atoms with Gasteiger partial charge in [-0.1, -0.05) is 24.3 Å². The molecule has 1 fully saturated rings. The highest BCUT2D eigenvalue weighted by molar-refractivity contribution is 5.99. The van der Waals surface area contributed by atoms with Crippen LogP contribution in [-0.4, -0.2) is 46.9 Å². The van der Waals surface area contributed by atoms with Crippen molar-refractivity contribution in [3.63, 3.8) is 0 Å². The predicted octanol–water partition coefficient (Wildman–Crippen LogP) is 5.21. The molecule has 3 aromatic rings. The van der Waals surface area contributed by atoms with E-state index in [1.54, 1.807) is 36.9 Å². The van der Waals surface area contributed by atoms with Crippen LogP contribution in [0.4, 0.5) is 14.9 Å². The highest BCUT2D eigenvalue weighted by Crippen LogP contribution is 2.24. The summed E-state index contributed by atoms with van der Waals surface area (Å²) in [7, 11) is 0. The monoisotopic (exact) mass is 491 g/mol. The van der Waals surface area contributed by atoms with Gasteiger partial charge in [-0.25, -0.2) is 9.18 Å². The number of urea groups is 1. The van der Waals surface area contributed by atoms with E-state index in [-0.39, 0.29) is 30.2 Å². The lowest BCUT2D eigenvalue weighted by Crippen LogP contribution is -2.42. The van der Waals surface area contributed by atoms with Gasteiger partial charge in [0.1, 0.15) is 5.82 Å². The molecule has 0 radical (unpaired) electrons. The summed E-state index contributed by atoms with van der Waals surface area (Å²) >= 11 is 0. The van der Waals surface area contributed by atoms with Gasteiger partial charge in [-0.2, -0.15) is 0 Å². The van der Waals surface area contributed by atoms with E-state index in [9.17, 15) is 18.8 Å². The number of halogens is 1. The van der Waals surface area contributed by atoms with Gasteiger partial charge in [0, 0.05) is 41.4 Å². The third-order valence-electron chi connectivity index (χ3n) is 6.63. The number of carbonyl (C=O) groups excluding carboxylic acids is 3. The van der Waals surface area contributed by atoms with Crippen LogP contribution in [0.3, 0.4) is 0 Å². The second kappa shape index (κ2) is 10.8. The number of nitrogens with zero attached hydrogens (tertiary/aromatic N) is 2. The van der Waals surface area contributed by atoms with E-state index in [4.69, 9.17) is 4.74 Å². The van der Waals surface area contributed by atoms with Crippen LogP contribution in [0.2, 0.25) is 0 Å². The maximum absolute atomic E-state index is 14.1. The average molecular weight is 492 g/mol. The Hall–Kier alpha value is -3.94. The molecule has 2 amide bonds. The number of nitrogens with one attached hydrogen (secondary N) is 1. The van der Waals surface area contributed by atoms with Gasteiger partial charge in [-0.15, -0.1) is 0 Å². The van der Waals surface area contributed by atoms with Crippen molar-refractivity contribution in [2.45, 2.75) is 33.6 Å². The van der Waals surface area contributed by atoms with Crippen LogP contribution in [0.15, 0.2) is 54.6 Å². The summed E-state index contributed by atoms with van der Waals surface area (Å²) in [5.41, 5.74) is 3.78. The molecule has 0 unspecified atom stereocenters. The quantitative estimate of drug-likeness (QED) is 0.379. The molecule has 8 heteroatoms. The number of para-hydroxylation sites is 1. The van der Waals surface area contributed by atoms with Crippen molar-refractivity contribution in [2.75, 3.05) is 25.0 Å². The zero-order valence-corrected chi connectivity index (χ0v) is 20.7. The summed E-state index contributed by atoms with van der Waals surface area (Å²) in [6.07, 6.45) is 0.950. The number of rotatable bonds is 6. The standard InChI is InChI=1S/C28H30FN3O4/c1-18-9-10-23(16-25(18)29)32-19(2)15-24(20(32)3)26(33)17-36-27(34)21-11-13-31(14-12-21)28(35)30-22-7-5-4-6-8-22/h4-10,15-16,21H,11-14,17H2,1-3H3,(H,30,35). The van der Waals surface area contributed by atoms with E-state index in [1.165, 1.54) is 6.07 Å². The molecule has 0 bridgehead atoms. The molecule has 1 aliphatic heterocycles. The molecule has 0 spiro atoms. The van der Waals surface area contributed by atoms with Gasteiger partial charge in [0.15, 0.2) is 6.61 Å². The third kappa shape index (κ3) is 5.48. The normalized spacial score (nSPS) is 13.9. The number of ketones is 1. The Bertz CT molecular complexity index is 1280. The first-order valence-electron chi connectivity index (χ1n) is 12.0. The van der Waals surface area contributed by atoms with E-state index in [1.807, 2.05) is 41.8 Å². The summed E-state index contributed by atoms with van der Waals surface area (Å²) in [5.74, 6) is -1.41. The molecule has 188 valence electrons. The number of aryl methyl sites for hydroxylation is 2. The number of carbonyl (C=O) groups is 3. The van der Waals surface area contributed by atoms with E-state index in [0.29, 0.717) is 48.4 Å². The first-order chi connectivity index (χ1) is 17.2. The van der Waals surface area contributed by atoms with Crippen LogP contribution < -0.4 is 5.32 Å². The van der Waals surface area contributed by atoms with E-state index in [2.05, 4.69) is 5.32 Å². The second-order valence-electron chi connectivity index (χ2n) is 9.14. The Morgan fingerprint density at radius 2 is 1.69 bits per heavy atom. The maximum Gasteiger partial charge on any atom is 0.321 e. The molecule has 2 aromatic carbocycles. The number of amides is 2. The predicted molar refractivity (Wildman–Crippen MR) is 135 cm³/mol. The molecule has 0 saturated carbocycles. The number of hydrogen-bond acceptors (Lipinski definition) is 4. The van der Waals surface area contributed by atoms with Crippen LogP contribution >= 0.6 is 0 Å². The summed E-state index contributed by atoms with van der Waals surface area (Å²) in [4.78, 5) is 39.6. The molecule has 0 aliphatic carbocycles. The topological polar surface area (TPSA) is 80.6 Å².